The SMILES string of the molecule is CCNC(=S)N1CCc2cc(OC)c(OC)cc2C1CNC(=O)COC. The molecule has 2 N–H and O–H groups in total. The molecule has 1 unspecified atom stereocenters. The van der Waals surface area contributed by atoms with Gasteiger partial charge in [-0.1, -0.05) is 0 Å². The lowest BCUT2D eigenvalue weighted by molar-refractivity contribution is -0.124. The number of rotatable bonds is 7. The van der Waals surface area contributed by atoms with Gasteiger partial charge in [0.25, 0.3) is 0 Å². The van der Waals surface area contributed by atoms with Crippen LogP contribution in [0.4, 0.5) is 0 Å². The van der Waals surface area contributed by atoms with Crippen LogP contribution in [-0.2, 0) is 16.0 Å². The highest BCUT2D eigenvalue weighted by molar-refractivity contribution is 7.80. The van der Waals surface area contributed by atoms with Gasteiger partial charge >= 0.3 is 0 Å². The normalized spacial score (nSPS) is 15.8. The third-order valence-corrected chi connectivity index (χ3v) is 4.74. The summed E-state index contributed by atoms with van der Waals surface area (Å²) in [6.45, 7) is 3.98. The average molecular weight is 381 g/mol. The maximum absolute atomic E-state index is 11.9. The van der Waals surface area contributed by atoms with E-state index in [-0.39, 0.29) is 18.6 Å². The molecule has 1 amide bonds. The van der Waals surface area contributed by atoms with E-state index in [2.05, 4.69) is 15.5 Å². The Bertz CT molecular complexity index is 654. The van der Waals surface area contributed by atoms with Gasteiger partial charge in [0.2, 0.25) is 5.91 Å². The lowest BCUT2D eigenvalue weighted by Crippen LogP contribution is -2.49. The summed E-state index contributed by atoms with van der Waals surface area (Å²) in [6, 6.07) is 3.89. The molecule has 1 aliphatic rings. The summed E-state index contributed by atoms with van der Waals surface area (Å²) in [7, 11) is 4.74. The zero-order valence-electron chi connectivity index (χ0n) is 15.8. The zero-order valence-corrected chi connectivity index (χ0v) is 16.6. The summed E-state index contributed by atoms with van der Waals surface area (Å²) in [5.74, 6) is 1.21. The third kappa shape index (κ3) is 4.56. The van der Waals surface area contributed by atoms with Crippen LogP contribution < -0.4 is 20.1 Å². The van der Waals surface area contributed by atoms with Crippen molar-refractivity contribution in [3.63, 3.8) is 0 Å². The Hall–Kier alpha value is -2.06. The first-order chi connectivity index (χ1) is 12.5. The van der Waals surface area contributed by atoms with Gasteiger partial charge in [0.05, 0.1) is 20.3 Å². The lowest BCUT2D eigenvalue weighted by Gasteiger charge is -2.39. The van der Waals surface area contributed by atoms with Crippen molar-refractivity contribution in [1.82, 2.24) is 15.5 Å². The first-order valence-corrected chi connectivity index (χ1v) is 9.01. The second kappa shape index (κ2) is 9.59. The van der Waals surface area contributed by atoms with E-state index in [4.69, 9.17) is 26.4 Å². The van der Waals surface area contributed by atoms with Crippen molar-refractivity contribution in [2.75, 3.05) is 47.6 Å². The monoisotopic (exact) mass is 381 g/mol. The van der Waals surface area contributed by atoms with Gasteiger partial charge in [0, 0.05) is 26.7 Å². The number of carbonyl (C=O) groups is 1. The number of hydrogen-bond donors (Lipinski definition) is 2. The molecule has 7 nitrogen and oxygen atoms in total. The van der Waals surface area contributed by atoms with Crippen molar-refractivity contribution >= 4 is 23.2 Å². The molecular formula is C18H27N3O4S. The van der Waals surface area contributed by atoms with E-state index in [0.717, 1.165) is 25.1 Å². The standard InChI is InChI=1S/C18H27N3O4S/c1-5-19-18(26)21-7-6-12-8-15(24-3)16(25-4)9-13(12)14(21)10-20-17(22)11-23-2/h8-9,14H,5-7,10-11H2,1-4H3,(H,19,26)(H,20,22). The first kappa shape index (κ1) is 20.3. The molecule has 0 bridgehead atoms. The summed E-state index contributed by atoms with van der Waals surface area (Å²) in [6.07, 6.45) is 0.837. The fraction of sp³-hybridized carbons (Fsp3) is 0.556. The Morgan fingerprint density at radius 2 is 1.92 bits per heavy atom. The van der Waals surface area contributed by atoms with Crippen molar-refractivity contribution in [3.05, 3.63) is 23.3 Å². The predicted molar refractivity (Wildman–Crippen MR) is 104 cm³/mol. The molecule has 26 heavy (non-hydrogen) atoms. The lowest BCUT2D eigenvalue weighted by atomic mass is 9.92. The van der Waals surface area contributed by atoms with Crippen LogP contribution in [0.25, 0.3) is 0 Å². The second-order valence-corrected chi connectivity index (χ2v) is 6.32. The van der Waals surface area contributed by atoms with E-state index < -0.39 is 0 Å². The summed E-state index contributed by atoms with van der Waals surface area (Å²) in [5, 5.41) is 6.81. The number of nitrogens with zero attached hydrogens (tertiary/aromatic N) is 1. The van der Waals surface area contributed by atoms with E-state index in [1.165, 1.54) is 12.7 Å². The van der Waals surface area contributed by atoms with Gasteiger partial charge in [-0.2, -0.15) is 0 Å². The molecule has 8 heteroatoms. The minimum atomic E-state index is -0.158. The van der Waals surface area contributed by atoms with E-state index in [0.29, 0.717) is 23.2 Å². The molecule has 1 aromatic carbocycles. The van der Waals surface area contributed by atoms with Crippen LogP contribution in [0.3, 0.4) is 0 Å². The van der Waals surface area contributed by atoms with Gasteiger partial charge in [-0.3, -0.25) is 4.79 Å². The number of benzene rings is 1. The number of fused-ring (bicyclic) bond motifs is 1. The molecular weight excluding hydrogens is 354 g/mol. The van der Waals surface area contributed by atoms with E-state index in [9.17, 15) is 4.79 Å². The smallest absolute Gasteiger partial charge is 0.246 e. The minimum Gasteiger partial charge on any atom is -0.493 e. The van der Waals surface area contributed by atoms with Crippen LogP contribution in [0.2, 0.25) is 0 Å². The van der Waals surface area contributed by atoms with E-state index in [1.807, 2.05) is 19.1 Å². The molecule has 1 atom stereocenters. The topological polar surface area (TPSA) is 72.1 Å². The van der Waals surface area contributed by atoms with Crippen LogP contribution in [0.5, 0.6) is 11.5 Å². The molecule has 2 rings (SSSR count). The van der Waals surface area contributed by atoms with E-state index >= 15 is 0 Å². The van der Waals surface area contributed by atoms with Crippen molar-refractivity contribution in [2.24, 2.45) is 0 Å². The molecule has 0 saturated heterocycles. The van der Waals surface area contributed by atoms with Gasteiger partial charge in [-0.25, -0.2) is 0 Å². The highest BCUT2D eigenvalue weighted by Crippen LogP contribution is 2.37. The van der Waals surface area contributed by atoms with Crippen molar-refractivity contribution in [3.8, 4) is 11.5 Å². The fourth-order valence-corrected chi connectivity index (χ4v) is 3.50. The van der Waals surface area contributed by atoms with Crippen LogP contribution in [0, 0.1) is 0 Å². The molecule has 0 radical (unpaired) electrons. The van der Waals surface area contributed by atoms with Crippen LogP contribution in [0.15, 0.2) is 12.1 Å². The Morgan fingerprint density at radius 1 is 1.23 bits per heavy atom. The summed E-state index contributed by atoms with van der Waals surface area (Å²) < 4.78 is 15.8. The molecule has 0 aromatic heterocycles. The van der Waals surface area contributed by atoms with Crippen LogP contribution in [0.1, 0.15) is 24.1 Å². The molecule has 0 aliphatic carbocycles. The first-order valence-electron chi connectivity index (χ1n) is 8.60. The third-order valence-electron chi connectivity index (χ3n) is 4.36. The highest BCUT2D eigenvalue weighted by Gasteiger charge is 2.30. The molecule has 144 valence electrons. The molecule has 1 aromatic rings. The number of thiocarbonyl (C=S) groups is 1. The predicted octanol–water partition coefficient (Wildman–Crippen LogP) is 1.26. The Labute approximate surface area is 160 Å². The number of carbonyl (C=O) groups excluding carboxylic acids is 1. The van der Waals surface area contributed by atoms with Gasteiger partial charge in [-0.15, -0.1) is 0 Å². The largest absolute Gasteiger partial charge is 0.493 e. The van der Waals surface area contributed by atoms with Crippen LogP contribution in [-0.4, -0.2) is 63.5 Å². The maximum Gasteiger partial charge on any atom is 0.246 e. The Morgan fingerprint density at radius 3 is 2.54 bits per heavy atom. The minimum absolute atomic E-state index is 0.0309. The number of nitrogens with one attached hydrogen (secondary N) is 2. The van der Waals surface area contributed by atoms with E-state index in [1.54, 1.807) is 14.2 Å². The number of ether oxygens (including phenoxy) is 3. The number of methoxy groups -OCH3 is 3. The average Bonchev–Trinajstić information content (AvgIpc) is 2.65. The fourth-order valence-electron chi connectivity index (χ4n) is 3.14. The summed E-state index contributed by atoms with van der Waals surface area (Å²) >= 11 is 5.54. The van der Waals surface area contributed by atoms with Gasteiger partial charge in [-0.05, 0) is 48.8 Å². The summed E-state index contributed by atoms with van der Waals surface area (Å²) in [4.78, 5) is 14.0. The zero-order chi connectivity index (χ0) is 19.1. The van der Waals surface area contributed by atoms with Crippen molar-refractivity contribution in [1.29, 1.82) is 0 Å². The summed E-state index contributed by atoms with van der Waals surface area (Å²) in [5.41, 5.74) is 2.25. The van der Waals surface area contributed by atoms with Gasteiger partial charge < -0.3 is 29.7 Å². The van der Waals surface area contributed by atoms with Crippen molar-refractivity contribution in [2.45, 2.75) is 19.4 Å². The van der Waals surface area contributed by atoms with Crippen molar-refractivity contribution < 1.29 is 19.0 Å². The van der Waals surface area contributed by atoms with Gasteiger partial charge in [0.15, 0.2) is 16.6 Å². The van der Waals surface area contributed by atoms with Gasteiger partial charge in [0.1, 0.15) is 6.61 Å². The molecule has 0 fully saturated rings. The molecule has 0 saturated carbocycles. The number of hydrogen-bond acceptors (Lipinski definition) is 5. The Balaban J connectivity index is 2.35. The highest BCUT2D eigenvalue weighted by atomic mass is 32.1. The van der Waals surface area contributed by atoms with Crippen LogP contribution >= 0.6 is 12.2 Å². The Kier molecular flexibility index (Phi) is 7.47. The maximum atomic E-state index is 11.9. The second-order valence-electron chi connectivity index (χ2n) is 5.94. The number of amides is 1. The molecule has 1 heterocycles. The molecule has 0 spiro atoms. The quantitative estimate of drug-likeness (QED) is 0.689. The molecule has 1 aliphatic heterocycles.